The minimum absolute atomic E-state index is 0.0600. The molecule has 0 saturated carbocycles. The molecule has 1 aromatic rings. The molecular formula is C18H27N3O3. The number of hydrogen-bond donors (Lipinski definition) is 2. The van der Waals surface area contributed by atoms with Gasteiger partial charge in [-0.2, -0.15) is 0 Å². The lowest BCUT2D eigenvalue weighted by Gasteiger charge is -2.26. The maximum absolute atomic E-state index is 12.6. The molecular weight excluding hydrogens is 306 g/mol. The Morgan fingerprint density at radius 1 is 1.12 bits per heavy atom. The number of anilines is 2. The third-order valence-corrected chi connectivity index (χ3v) is 4.35. The van der Waals surface area contributed by atoms with Crippen LogP contribution in [-0.2, 0) is 9.59 Å². The molecule has 6 heteroatoms. The van der Waals surface area contributed by atoms with Crippen LogP contribution in [0.3, 0.4) is 0 Å². The molecule has 1 aliphatic rings. The molecule has 0 unspecified atom stereocenters. The van der Waals surface area contributed by atoms with Gasteiger partial charge in [-0.25, -0.2) is 0 Å². The second kappa shape index (κ2) is 8.68. The summed E-state index contributed by atoms with van der Waals surface area (Å²) in [5, 5.41) is 5.65. The zero-order valence-electron chi connectivity index (χ0n) is 14.7. The number of ether oxygens (including phenoxy) is 1. The number of amides is 2. The van der Waals surface area contributed by atoms with E-state index in [1.165, 1.54) is 19.8 Å². The van der Waals surface area contributed by atoms with E-state index in [9.17, 15) is 9.59 Å². The van der Waals surface area contributed by atoms with Gasteiger partial charge in [0.1, 0.15) is 5.75 Å². The molecule has 1 aromatic carbocycles. The molecule has 0 bridgehead atoms. The number of nitrogens with one attached hydrogen (secondary N) is 2. The van der Waals surface area contributed by atoms with Crippen molar-refractivity contribution in [2.24, 2.45) is 0 Å². The van der Waals surface area contributed by atoms with Gasteiger partial charge >= 0.3 is 0 Å². The van der Waals surface area contributed by atoms with Crippen molar-refractivity contribution in [3.8, 4) is 5.75 Å². The Labute approximate surface area is 143 Å². The number of carbonyl (C=O) groups is 2. The fraction of sp³-hybridized carbons (Fsp3) is 0.556. The zero-order chi connectivity index (χ0) is 17.5. The van der Waals surface area contributed by atoms with Gasteiger partial charge in [0.15, 0.2) is 0 Å². The smallest absolute Gasteiger partial charge is 0.241 e. The molecule has 0 spiro atoms. The van der Waals surface area contributed by atoms with Gasteiger partial charge in [-0.1, -0.05) is 12.8 Å². The molecule has 0 aromatic heterocycles. The first-order valence-electron chi connectivity index (χ1n) is 8.52. The second-order valence-electron chi connectivity index (χ2n) is 6.21. The van der Waals surface area contributed by atoms with Crippen LogP contribution in [0.25, 0.3) is 0 Å². The van der Waals surface area contributed by atoms with Crippen LogP contribution in [0.15, 0.2) is 18.2 Å². The van der Waals surface area contributed by atoms with Crippen molar-refractivity contribution in [1.29, 1.82) is 0 Å². The fourth-order valence-corrected chi connectivity index (χ4v) is 2.97. The SMILES string of the molecule is COc1ccc(NC(C)=O)cc1NC(=O)[C@H](C)N1CCCCCC1. The van der Waals surface area contributed by atoms with Crippen molar-refractivity contribution >= 4 is 23.2 Å². The number of likely N-dealkylation sites (tertiary alicyclic amines) is 1. The van der Waals surface area contributed by atoms with E-state index in [-0.39, 0.29) is 17.9 Å². The van der Waals surface area contributed by atoms with E-state index in [2.05, 4.69) is 15.5 Å². The number of rotatable bonds is 5. The summed E-state index contributed by atoms with van der Waals surface area (Å²) >= 11 is 0. The fourth-order valence-electron chi connectivity index (χ4n) is 2.97. The lowest BCUT2D eigenvalue weighted by molar-refractivity contribution is -0.120. The largest absolute Gasteiger partial charge is 0.495 e. The van der Waals surface area contributed by atoms with Crippen molar-refractivity contribution in [2.75, 3.05) is 30.8 Å². The van der Waals surface area contributed by atoms with E-state index in [1.807, 2.05) is 6.92 Å². The van der Waals surface area contributed by atoms with E-state index in [0.29, 0.717) is 17.1 Å². The first kappa shape index (κ1) is 18.3. The molecule has 2 rings (SSSR count). The third kappa shape index (κ3) is 4.96. The van der Waals surface area contributed by atoms with Crippen LogP contribution < -0.4 is 15.4 Å². The molecule has 1 saturated heterocycles. The Hall–Kier alpha value is -2.08. The lowest BCUT2D eigenvalue weighted by Crippen LogP contribution is -2.42. The molecule has 1 atom stereocenters. The van der Waals surface area contributed by atoms with Crippen molar-refractivity contribution < 1.29 is 14.3 Å². The molecule has 0 aliphatic carbocycles. The number of hydrogen-bond acceptors (Lipinski definition) is 4. The molecule has 1 fully saturated rings. The summed E-state index contributed by atoms with van der Waals surface area (Å²) in [4.78, 5) is 26.1. The van der Waals surface area contributed by atoms with Gasteiger partial charge in [0.2, 0.25) is 11.8 Å². The Kier molecular flexibility index (Phi) is 6.61. The van der Waals surface area contributed by atoms with E-state index < -0.39 is 0 Å². The summed E-state index contributed by atoms with van der Waals surface area (Å²) in [6, 6.07) is 5.00. The second-order valence-corrected chi connectivity index (χ2v) is 6.21. The lowest BCUT2D eigenvalue weighted by atomic mass is 10.2. The highest BCUT2D eigenvalue weighted by Gasteiger charge is 2.23. The van der Waals surface area contributed by atoms with Crippen molar-refractivity contribution in [3.05, 3.63) is 18.2 Å². The Morgan fingerprint density at radius 3 is 2.38 bits per heavy atom. The van der Waals surface area contributed by atoms with Gasteiger partial charge in [0, 0.05) is 12.6 Å². The minimum atomic E-state index is -0.197. The van der Waals surface area contributed by atoms with Crippen LogP contribution in [-0.4, -0.2) is 43.0 Å². The molecule has 132 valence electrons. The van der Waals surface area contributed by atoms with Crippen molar-refractivity contribution in [1.82, 2.24) is 4.90 Å². The van der Waals surface area contributed by atoms with Gasteiger partial charge in [0.25, 0.3) is 0 Å². The summed E-state index contributed by atoms with van der Waals surface area (Å²) in [6.45, 7) is 5.30. The minimum Gasteiger partial charge on any atom is -0.495 e. The molecule has 6 nitrogen and oxygen atoms in total. The highest BCUT2D eigenvalue weighted by Crippen LogP contribution is 2.28. The van der Waals surface area contributed by atoms with E-state index >= 15 is 0 Å². The van der Waals surface area contributed by atoms with Crippen LogP contribution >= 0.6 is 0 Å². The molecule has 2 N–H and O–H groups in total. The van der Waals surface area contributed by atoms with Crippen LogP contribution in [0.2, 0.25) is 0 Å². The van der Waals surface area contributed by atoms with Gasteiger partial charge in [-0.3, -0.25) is 14.5 Å². The monoisotopic (exact) mass is 333 g/mol. The topological polar surface area (TPSA) is 70.7 Å². The van der Waals surface area contributed by atoms with Crippen LogP contribution in [0.5, 0.6) is 5.75 Å². The van der Waals surface area contributed by atoms with Gasteiger partial charge in [-0.15, -0.1) is 0 Å². The average molecular weight is 333 g/mol. The van der Waals surface area contributed by atoms with Crippen LogP contribution in [0, 0.1) is 0 Å². The normalized spacial score (nSPS) is 16.8. The van der Waals surface area contributed by atoms with Gasteiger partial charge in [-0.05, 0) is 51.1 Å². The molecule has 0 radical (unpaired) electrons. The first-order chi connectivity index (χ1) is 11.5. The molecule has 1 aliphatic heterocycles. The summed E-state index contributed by atoms with van der Waals surface area (Å²) in [7, 11) is 1.56. The van der Waals surface area contributed by atoms with Gasteiger partial charge < -0.3 is 15.4 Å². The van der Waals surface area contributed by atoms with Gasteiger partial charge in [0.05, 0.1) is 18.8 Å². The molecule has 1 heterocycles. The van der Waals surface area contributed by atoms with Crippen molar-refractivity contribution in [2.45, 2.75) is 45.6 Å². The predicted molar refractivity (Wildman–Crippen MR) is 95.4 cm³/mol. The molecule has 2 amide bonds. The van der Waals surface area contributed by atoms with Crippen LogP contribution in [0.4, 0.5) is 11.4 Å². The van der Waals surface area contributed by atoms with E-state index in [4.69, 9.17) is 4.74 Å². The number of carbonyl (C=O) groups excluding carboxylic acids is 2. The number of nitrogens with zero attached hydrogens (tertiary/aromatic N) is 1. The number of methoxy groups -OCH3 is 1. The Bertz CT molecular complexity index is 581. The third-order valence-electron chi connectivity index (χ3n) is 4.35. The van der Waals surface area contributed by atoms with Crippen molar-refractivity contribution in [3.63, 3.8) is 0 Å². The Balaban J connectivity index is 2.09. The van der Waals surface area contributed by atoms with E-state index in [0.717, 1.165) is 25.9 Å². The summed E-state index contributed by atoms with van der Waals surface area (Å²) in [5.41, 5.74) is 1.19. The zero-order valence-corrected chi connectivity index (χ0v) is 14.7. The quantitative estimate of drug-likeness (QED) is 0.869. The Morgan fingerprint density at radius 2 is 1.79 bits per heavy atom. The highest BCUT2D eigenvalue weighted by atomic mass is 16.5. The molecule has 24 heavy (non-hydrogen) atoms. The maximum atomic E-state index is 12.6. The predicted octanol–water partition coefficient (Wildman–Crippen LogP) is 2.86. The summed E-state index contributed by atoms with van der Waals surface area (Å²) < 4.78 is 5.31. The van der Waals surface area contributed by atoms with Crippen LogP contribution in [0.1, 0.15) is 39.5 Å². The first-order valence-corrected chi connectivity index (χ1v) is 8.52. The maximum Gasteiger partial charge on any atom is 0.241 e. The number of benzene rings is 1. The summed E-state index contributed by atoms with van der Waals surface area (Å²) in [5.74, 6) is 0.353. The highest BCUT2D eigenvalue weighted by molar-refractivity contribution is 5.97. The average Bonchev–Trinajstić information content (AvgIpc) is 2.83. The summed E-state index contributed by atoms with van der Waals surface area (Å²) in [6.07, 6.45) is 4.74. The van der Waals surface area contributed by atoms with E-state index in [1.54, 1.807) is 25.3 Å². The standard InChI is InChI=1S/C18H27N3O3/c1-13(21-10-6-4-5-7-11-21)18(23)20-16-12-15(19-14(2)22)8-9-17(16)24-3/h8-9,12-13H,4-7,10-11H2,1-3H3,(H,19,22)(H,20,23)/t13-/m0/s1.